The summed E-state index contributed by atoms with van der Waals surface area (Å²) in [5.41, 5.74) is 3.19. The maximum atomic E-state index is 13.8. The zero-order valence-electron chi connectivity index (χ0n) is 19.0. The third kappa shape index (κ3) is 4.95. The Hall–Kier alpha value is -2.34. The van der Waals surface area contributed by atoms with Crippen LogP contribution in [-0.2, 0) is 9.53 Å². The molecular weight excluding hydrogens is 414 g/mol. The van der Waals surface area contributed by atoms with Crippen LogP contribution in [0.15, 0.2) is 24.3 Å². The molecule has 3 rings (SSSR count). The molecule has 0 N–H and O–H groups in total. The Morgan fingerprint density at radius 2 is 1.84 bits per heavy atom. The average molecular weight is 446 g/mol. The lowest BCUT2D eigenvalue weighted by molar-refractivity contribution is -0.149. The van der Waals surface area contributed by atoms with Gasteiger partial charge in [-0.1, -0.05) is 39.3 Å². The van der Waals surface area contributed by atoms with E-state index in [-0.39, 0.29) is 29.6 Å². The summed E-state index contributed by atoms with van der Waals surface area (Å²) < 4.78 is 7.08. The number of nitrogens with zero attached hydrogens (tertiary/aromatic N) is 3. The number of benzene rings is 1. The summed E-state index contributed by atoms with van der Waals surface area (Å²) in [4.78, 5) is 27.9. The molecule has 2 aromatic rings. The summed E-state index contributed by atoms with van der Waals surface area (Å²) in [7, 11) is 0. The van der Waals surface area contributed by atoms with Gasteiger partial charge in [-0.05, 0) is 55.9 Å². The Kier molecular flexibility index (Phi) is 7.42. The van der Waals surface area contributed by atoms with E-state index in [1.165, 1.54) is 0 Å². The molecule has 0 saturated carbocycles. The highest BCUT2D eigenvalue weighted by Crippen LogP contribution is 2.32. The number of hydrogen-bond acceptors (Lipinski definition) is 4. The van der Waals surface area contributed by atoms with Gasteiger partial charge in [0.15, 0.2) is 0 Å². The molecular formula is C24H32ClN3O3. The predicted octanol–water partition coefficient (Wildman–Crippen LogP) is 5.19. The molecule has 1 fully saturated rings. The van der Waals surface area contributed by atoms with Crippen LogP contribution in [0.5, 0.6) is 0 Å². The number of carbonyl (C=O) groups is 2. The molecule has 1 aliphatic rings. The number of likely N-dealkylation sites (tertiary alicyclic amines) is 1. The maximum Gasteiger partial charge on any atom is 0.310 e. The number of carbonyl (C=O) groups excluding carboxylic acids is 2. The first-order valence-corrected chi connectivity index (χ1v) is 11.5. The average Bonchev–Trinajstić information content (AvgIpc) is 3.15. The Morgan fingerprint density at radius 3 is 2.42 bits per heavy atom. The third-order valence-electron chi connectivity index (χ3n) is 5.66. The molecule has 7 heteroatoms. The molecule has 0 unspecified atom stereocenters. The second kappa shape index (κ2) is 9.86. The topological polar surface area (TPSA) is 64.4 Å². The van der Waals surface area contributed by atoms with E-state index in [9.17, 15) is 9.59 Å². The van der Waals surface area contributed by atoms with Gasteiger partial charge >= 0.3 is 5.97 Å². The largest absolute Gasteiger partial charge is 0.466 e. The summed E-state index contributed by atoms with van der Waals surface area (Å²) in [5.74, 6) is -0.378. The predicted molar refractivity (Wildman–Crippen MR) is 122 cm³/mol. The number of hydrogen-bond donors (Lipinski definition) is 0. The van der Waals surface area contributed by atoms with Gasteiger partial charge in [0.2, 0.25) is 0 Å². The van der Waals surface area contributed by atoms with Crippen molar-refractivity contribution in [3.05, 3.63) is 46.2 Å². The molecule has 0 aliphatic carbocycles. The van der Waals surface area contributed by atoms with E-state index in [2.05, 4.69) is 13.8 Å². The molecule has 168 valence electrons. The number of rotatable bonds is 6. The fourth-order valence-electron chi connectivity index (χ4n) is 4.16. The van der Waals surface area contributed by atoms with Gasteiger partial charge in [0, 0.05) is 18.1 Å². The smallest absolute Gasteiger partial charge is 0.310 e. The number of aromatic nitrogens is 2. The highest BCUT2D eigenvalue weighted by Gasteiger charge is 2.34. The normalized spacial score (nSPS) is 16.8. The van der Waals surface area contributed by atoms with Crippen molar-refractivity contribution in [1.29, 1.82) is 0 Å². The molecule has 0 radical (unpaired) electrons. The molecule has 2 heterocycles. The molecule has 1 atom stereocenters. The minimum Gasteiger partial charge on any atom is -0.466 e. The maximum absolute atomic E-state index is 13.8. The van der Waals surface area contributed by atoms with E-state index in [0.29, 0.717) is 30.3 Å². The van der Waals surface area contributed by atoms with Gasteiger partial charge in [0.05, 0.1) is 35.2 Å². The summed E-state index contributed by atoms with van der Waals surface area (Å²) >= 11 is 6.07. The van der Waals surface area contributed by atoms with Crippen LogP contribution in [0.3, 0.4) is 0 Å². The van der Waals surface area contributed by atoms with E-state index in [1.54, 1.807) is 11.8 Å². The minimum atomic E-state index is -0.269. The lowest BCUT2D eigenvalue weighted by Crippen LogP contribution is -2.43. The molecule has 1 amide bonds. The van der Waals surface area contributed by atoms with Crippen molar-refractivity contribution < 1.29 is 14.3 Å². The highest BCUT2D eigenvalue weighted by atomic mass is 35.5. The van der Waals surface area contributed by atoms with E-state index in [0.717, 1.165) is 29.9 Å². The molecule has 1 aromatic carbocycles. The molecule has 1 saturated heterocycles. The van der Waals surface area contributed by atoms with Crippen molar-refractivity contribution >= 4 is 23.5 Å². The van der Waals surface area contributed by atoms with E-state index < -0.39 is 0 Å². The number of esters is 1. The number of amides is 1. The standard InChI is InChI=1S/C24H32ClN3O3/c1-6-31-24(30)17-8-7-13-27(14-17)23(29)20-21(15(2)3)26-28(22(20)16(4)5)19-11-9-18(25)10-12-19/h9-12,15-17H,6-8,13-14H2,1-5H3/t17-/m1/s1. The van der Waals surface area contributed by atoms with Crippen LogP contribution in [0.25, 0.3) is 5.69 Å². The molecule has 0 bridgehead atoms. The fourth-order valence-corrected chi connectivity index (χ4v) is 4.28. The summed E-state index contributed by atoms with van der Waals surface area (Å²) in [5, 5.41) is 5.52. The summed E-state index contributed by atoms with van der Waals surface area (Å²) in [6.45, 7) is 11.4. The van der Waals surface area contributed by atoms with Gasteiger partial charge in [0.25, 0.3) is 5.91 Å². The first-order chi connectivity index (χ1) is 14.7. The lowest BCUT2D eigenvalue weighted by atomic mass is 9.94. The van der Waals surface area contributed by atoms with Gasteiger partial charge in [-0.2, -0.15) is 5.10 Å². The van der Waals surface area contributed by atoms with Crippen LogP contribution < -0.4 is 0 Å². The number of halogens is 1. The summed E-state index contributed by atoms with van der Waals surface area (Å²) in [6, 6.07) is 7.48. The Bertz CT molecular complexity index is 934. The van der Waals surface area contributed by atoms with Crippen molar-refractivity contribution in [3.63, 3.8) is 0 Å². The number of piperidine rings is 1. The lowest BCUT2D eigenvalue weighted by Gasteiger charge is -2.32. The quantitative estimate of drug-likeness (QED) is 0.574. The third-order valence-corrected chi connectivity index (χ3v) is 5.91. The molecule has 0 spiro atoms. The van der Waals surface area contributed by atoms with Crippen LogP contribution in [0, 0.1) is 5.92 Å². The van der Waals surface area contributed by atoms with Crippen molar-refractivity contribution in [2.24, 2.45) is 5.92 Å². The number of ether oxygens (including phenoxy) is 1. The van der Waals surface area contributed by atoms with Crippen molar-refractivity contribution in [2.75, 3.05) is 19.7 Å². The van der Waals surface area contributed by atoms with E-state index >= 15 is 0 Å². The highest BCUT2D eigenvalue weighted by molar-refractivity contribution is 6.30. The van der Waals surface area contributed by atoms with Gasteiger partial charge in [0.1, 0.15) is 0 Å². The molecule has 1 aromatic heterocycles. The first-order valence-electron chi connectivity index (χ1n) is 11.1. The van der Waals surface area contributed by atoms with Crippen LogP contribution >= 0.6 is 11.6 Å². The monoisotopic (exact) mass is 445 g/mol. The van der Waals surface area contributed by atoms with Crippen LogP contribution in [0.2, 0.25) is 5.02 Å². The van der Waals surface area contributed by atoms with E-state index in [1.807, 2.05) is 42.8 Å². The zero-order valence-corrected chi connectivity index (χ0v) is 19.8. The summed E-state index contributed by atoms with van der Waals surface area (Å²) in [6.07, 6.45) is 1.54. The van der Waals surface area contributed by atoms with Gasteiger partial charge in [-0.25, -0.2) is 4.68 Å². The Labute approximate surface area is 189 Å². The van der Waals surface area contributed by atoms with Gasteiger partial charge in [-0.3, -0.25) is 9.59 Å². The van der Waals surface area contributed by atoms with Crippen molar-refractivity contribution in [3.8, 4) is 5.69 Å². The zero-order chi connectivity index (χ0) is 22.7. The van der Waals surface area contributed by atoms with Crippen LogP contribution in [-0.4, -0.2) is 46.3 Å². The van der Waals surface area contributed by atoms with Crippen molar-refractivity contribution in [1.82, 2.24) is 14.7 Å². The van der Waals surface area contributed by atoms with Crippen LogP contribution in [0.1, 0.15) is 81.0 Å². The second-order valence-electron chi connectivity index (χ2n) is 8.69. The van der Waals surface area contributed by atoms with Crippen molar-refractivity contribution in [2.45, 2.75) is 59.3 Å². The van der Waals surface area contributed by atoms with Gasteiger partial charge < -0.3 is 9.64 Å². The molecule has 31 heavy (non-hydrogen) atoms. The Morgan fingerprint density at radius 1 is 1.16 bits per heavy atom. The second-order valence-corrected chi connectivity index (χ2v) is 9.12. The SMILES string of the molecule is CCOC(=O)[C@@H]1CCCN(C(=O)c2c(C(C)C)nn(-c3ccc(Cl)cc3)c2C(C)C)C1. The van der Waals surface area contributed by atoms with E-state index in [4.69, 9.17) is 21.4 Å². The Balaban J connectivity index is 2.03. The molecule has 6 nitrogen and oxygen atoms in total. The van der Waals surface area contributed by atoms with Crippen LogP contribution in [0.4, 0.5) is 0 Å². The first kappa shape index (κ1) is 23.3. The van der Waals surface area contributed by atoms with Gasteiger partial charge in [-0.15, -0.1) is 0 Å². The fraction of sp³-hybridized carbons (Fsp3) is 0.542. The minimum absolute atomic E-state index is 0.0541. The molecule has 1 aliphatic heterocycles.